The Morgan fingerprint density at radius 2 is 1.55 bits per heavy atom. The number of hydrogen-bond donors (Lipinski definition) is 0. The van der Waals surface area contributed by atoms with E-state index < -0.39 is 0 Å². The second kappa shape index (κ2) is 15.5. The maximum atomic E-state index is 13.0. The van der Waals surface area contributed by atoms with Crippen molar-refractivity contribution in [3.63, 3.8) is 0 Å². The van der Waals surface area contributed by atoms with Gasteiger partial charge in [-0.05, 0) is 30.7 Å². The van der Waals surface area contributed by atoms with Crippen molar-refractivity contribution in [2.45, 2.75) is 72.7 Å². The summed E-state index contributed by atoms with van der Waals surface area (Å²) in [5.74, 6) is 0. The molecule has 0 fully saturated rings. The van der Waals surface area contributed by atoms with Gasteiger partial charge in [0.2, 0.25) is 0 Å². The molecule has 33 heavy (non-hydrogen) atoms. The zero-order valence-corrected chi connectivity index (χ0v) is 23.1. The van der Waals surface area contributed by atoms with Crippen molar-refractivity contribution in [3.05, 3.63) is 73.9 Å². The van der Waals surface area contributed by atoms with Crippen LogP contribution in [0, 0.1) is 0 Å². The highest BCUT2D eigenvalue weighted by molar-refractivity contribution is 8.08. The minimum Gasteiger partial charge on any atom is -0.337 e. The molecule has 4 nitrogen and oxygen atoms in total. The molecular weight excluding hydrogens is 446 g/mol. The minimum atomic E-state index is 0.0865. The number of nitrogens with one attached hydrogen (secondary N) is 1. The van der Waals surface area contributed by atoms with Gasteiger partial charge < -0.3 is 4.90 Å². The normalized spacial score (nSPS) is 13.7. The van der Waals surface area contributed by atoms with E-state index in [2.05, 4.69) is 41.9 Å². The summed E-state index contributed by atoms with van der Waals surface area (Å²) in [7, 11) is 2.03. The number of rotatable bonds is 3. The fraction of sp³-hybridized carbons (Fsp3) is 0.407. The average molecular weight is 487 g/mol. The van der Waals surface area contributed by atoms with E-state index >= 15 is 0 Å². The first-order valence-corrected chi connectivity index (χ1v) is 13.7. The molecule has 3 aromatic rings. The Labute approximate surface area is 207 Å². The van der Waals surface area contributed by atoms with Crippen LogP contribution in [-0.2, 0) is 6.54 Å². The number of nitrogens with zero attached hydrogens (tertiary/aromatic N) is 2. The minimum absolute atomic E-state index is 0.0865. The molecular formula is C27H40N3OS2+. The van der Waals surface area contributed by atoms with Gasteiger partial charge in [0.15, 0.2) is 12.4 Å². The van der Waals surface area contributed by atoms with Crippen molar-refractivity contribution in [3.8, 4) is 0 Å². The highest BCUT2D eigenvalue weighted by Gasteiger charge is 2.24. The largest absolute Gasteiger partial charge is 0.337 e. The van der Waals surface area contributed by atoms with E-state index in [0.717, 1.165) is 25.5 Å². The predicted molar refractivity (Wildman–Crippen MR) is 147 cm³/mol. The van der Waals surface area contributed by atoms with E-state index in [1.165, 1.54) is 17.7 Å². The van der Waals surface area contributed by atoms with E-state index in [4.69, 9.17) is 0 Å². The Balaban J connectivity index is 0.000000605. The Kier molecular flexibility index (Phi) is 13.5. The molecule has 0 atom stereocenters. The monoisotopic (exact) mass is 486 g/mol. The van der Waals surface area contributed by atoms with E-state index in [1.54, 1.807) is 23.1 Å². The number of para-hydroxylation sites is 1. The molecule has 0 saturated heterocycles. The van der Waals surface area contributed by atoms with Gasteiger partial charge >= 0.3 is 0 Å². The number of fused-ring (bicyclic) bond motifs is 1. The van der Waals surface area contributed by atoms with Gasteiger partial charge in [0.1, 0.15) is 9.56 Å². The van der Waals surface area contributed by atoms with Crippen LogP contribution in [0.4, 0.5) is 5.69 Å². The van der Waals surface area contributed by atoms with Gasteiger partial charge in [-0.15, -0.1) is 11.3 Å². The van der Waals surface area contributed by atoms with Crippen LogP contribution in [0.3, 0.4) is 0 Å². The Morgan fingerprint density at radius 1 is 0.939 bits per heavy atom. The third-order valence-corrected chi connectivity index (χ3v) is 7.18. The van der Waals surface area contributed by atoms with Crippen molar-refractivity contribution in [1.29, 1.82) is 0 Å². The molecule has 0 saturated carbocycles. The van der Waals surface area contributed by atoms with E-state index in [1.807, 2.05) is 82.9 Å². The zero-order chi connectivity index (χ0) is 24.8. The molecule has 0 radical (unpaired) electrons. The van der Waals surface area contributed by atoms with Crippen molar-refractivity contribution in [1.82, 2.24) is 4.57 Å². The Hall–Kier alpha value is -2.31. The van der Waals surface area contributed by atoms with Crippen molar-refractivity contribution in [2.75, 3.05) is 11.9 Å². The number of anilines is 1. The molecule has 1 aliphatic heterocycles. The number of aromatic amines is 1. The molecule has 4 rings (SSSR count). The molecule has 0 bridgehead atoms. The second-order valence-electron chi connectivity index (χ2n) is 6.73. The summed E-state index contributed by atoms with van der Waals surface area (Å²) in [5, 5.41) is 1.01. The molecule has 0 amide bonds. The van der Waals surface area contributed by atoms with Gasteiger partial charge in [-0.2, -0.15) is 0 Å². The summed E-state index contributed by atoms with van der Waals surface area (Å²) in [4.78, 5) is 19.3. The predicted octanol–water partition coefficient (Wildman–Crippen LogP) is 5.74. The molecule has 0 unspecified atom stereocenters. The molecule has 0 spiro atoms. The zero-order valence-electron chi connectivity index (χ0n) is 21.4. The summed E-state index contributed by atoms with van der Waals surface area (Å²) in [6.45, 7) is 15.0. The lowest BCUT2D eigenvalue weighted by Gasteiger charge is -2.11. The van der Waals surface area contributed by atoms with Crippen molar-refractivity contribution < 1.29 is 4.98 Å². The van der Waals surface area contributed by atoms with Gasteiger partial charge in [0.25, 0.3) is 5.56 Å². The van der Waals surface area contributed by atoms with Gasteiger partial charge in [0, 0.05) is 30.6 Å². The molecule has 2 aromatic heterocycles. The second-order valence-corrected chi connectivity index (χ2v) is 8.79. The number of pyridine rings is 1. The molecule has 180 valence electrons. The lowest BCUT2D eigenvalue weighted by molar-refractivity contribution is -0.378. The van der Waals surface area contributed by atoms with Crippen molar-refractivity contribution in [2.24, 2.45) is 0 Å². The van der Waals surface area contributed by atoms with Crippen LogP contribution in [0.5, 0.6) is 0 Å². The Morgan fingerprint density at radius 3 is 2.09 bits per heavy atom. The van der Waals surface area contributed by atoms with E-state index in [-0.39, 0.29) is 5.56 Å². The van der Waals surface area contributed by atoms with Crippen LogP contribution >= 0.6 is 23.1 Å². The lowest BCUT2D eigenvalue weighted by atomic mass is 10.3. The summed E-state index contributed by atoms with van der Waals surface area (Å²) >= 11 is 3.23. The smallest absolute Gasteiger partial charge is 0.271 e. The van der Waals surface area contributed by atoms with Crippen LogP contribution in [0.2, 0.25) is 0 Å². The third-order valence-electron chi connectivity index (χ3n) is 4.69. The molecule has 1 aromatic carbocycles. The SMILES string of the molecule is CC.CC.CCCC.CCn1c(=O)/c(=C2\Sc3ccccc3N2C)s/c1=C\c1cc[nH+]cc1. The highest BCUT2D eigenvalue weighted by atomic mass is 32.2. The summed E-state index contributed by atoms with van der Waals surface area (Å²) in [6, 6.07) is 12.3. The van der Waals surface area contributed by atoms with E-state index in [0.29, 0.717) is 6.54 Å². The van der Waals surface area contributed by atoms with Crippen LogP contribution in [0.25, 0.3) is 11.1 Å². The standard InChI is InChI=1S/C19H17N3OS2.C4H10.2C2H6/c1-3-22-16(12-13-8-10-20-11-9-13)25-17(18(22)23)19-21(2)14-6-4-5-7-15(14)24-19;1-3-4-2;2*1-2/h4-12H,3H2,1-2H3;3-4H2,1-2H3;2*1-2H3/p+1/b16-12-,19-17+;;;. The fourth-order valence-corrected chi connectivity index (χ4v) is 5.39. The fourth-order valence-electron chi connectivity index (χ4n) is 2.91. The molecule has 1 N–H and O–H groups in total. The van der Waals surface area contributed by atoms with Gasteiger partial charge in [0.05, 0.1) is 10.4 Å². The average Bonchev–Trinajstić information content (AvgIpc) is 3.38. The first-order chi connectivity index (χ1) is 16.1. The number of hydrogen-bond acceptors (Lipinski definition) is 4. The summed E-state index contributed by atoms with van der Waals surface area (Å²) in [5.41, 5.74) is 2.32. The van der Waals surface area contributed by atoms with E-state index in [9.17, 15) is 4.79 Å². The van der Waals surface area contributed by atoms with Gasteiger partial charge in [-0.1, -0.05) is 78.3 Å². The number of benzene rings is 1. The van der Waals surface area contributed by atoms with Gasteiger partial charge in [-0.25, -0.2) is 4.98 Å². The van der Waals surface area contributed by atoms with Crippen LogP contribution in [-0.4, -0.2) is 11.6 Å². The number of thiazole rings is 1. The highest BCUT2D eigenvalue weighted by Crippen LogP contribution is 2.44. The molecule has 6 heteroatoms. The van der Waals surface area contributed by atoms with Crippen LogP contribution < -0.4 is 24.6 Å². The number of thioether (sulfide) groups is 1. The molecule has 3 heterocycles. The third kappa shape index (κ3) is 7.34. The number of aromatic nitrogens is 2. The quantitative estimate of drug-likeness (QED) is 0.474. The Bertz CT molecular complexity index is 1130. The lowest BCUT2D eigenvalue weighted by Crippen LogP contribution is -2.33. The number of H-pyrrole nitrogens is 1. The van der Waals surface area contributed by atoms with Crippen LogP contribution in [0.15, 0.2) is 58.5 Å². The first kappa shape index (κ1) is 28.7. The molecule has 0 aliphatic carbocycles. The maximum Gasteiger partial charge on any atom is 0.271 e. The number of unbranched alkanes of at least 4 members (excludes halogenated alkanes) is 1. The van der Waals surface area contributed by atoms with Crippen LogP contribution in [0.1, 0.15) is 66.9 Å². The van der Waals surface area contributed by atoms with Crippen molar-refractivity contribution >= 4 is 39.9 Å². The topological polar surface area (TPSA) is 39.4 Å². The first-order valence-electron chi connectivity index (χ1n) is 12.0. The molecule has 1 aliphatic rings. The summed E-state index contributed by atoms with van der Waals surface area (Å²) < 4.78 is 3.63. The summed E-state index contributed by atoms with van der Waals surface area (Å²) in [6.07, 6.45) is 8.49. The van der Waals surface area contributed by atoms with Gasteiger partial charge in [-0.3, -0.25) is 9.36 Å². The maximum absolute atomic E-state index is 13.0.